The zero-order valence-corrected chi connectivity index (χ0v) is 24.3. The Morgan fingerprint density at radius 1 is 1.03 bits per heavy atom. The van der Waals surface area contributed by atoms with Crippen LogP contribution >= 0.6 is 0 Å². The summed E-state index contributed by atoms with van der Waals surface area (Å²) < 4.78 is 38.3. The van der Waals surface area contributed by atoms with Crippen molar-refractivity contribution in [2.24, 2.45) is 5.92 Å². The molecule has 0 N–H and O–H groups in total. The lowest BCUT2D eigenvalue weighted by atomic mass is 9.84. The molecule has 0 spiro atoms. The van der Waals surface area contributed by atoms with Gasteiger partial charge in [-0.15, -0.1) is 0 Å². The molecular formula is C27H46N4O5S. The Hall–Kier alpha value is -1.72. The molecule has 2 aliphatic rings. The quantitative estimate of drug-likeness (QED) is 0.400. The molecule has 0 atom stereocenters. The van der Waals surface area contributed by atoms with E-state index in [0.29, 0.717) is 28.8 Å². The number of aryl methyl sites for hydroxylation is 2. The zero-order chi connectivity index (χ0) is 27.2. The van der Waals surface area contributed by atoms with Gasteiger partial charge in [-0.2, -0.15) is 4.31 Å². The minimum absolute atomic E-state index is 0.0401. The largest absolute Gasteiger partial charge is 0.497 e. The number of rotatable bonds is 11. The number of methoxy groups -OCH3 is 1. The van der Waals surface area contributed by atoms with Crippen molar-refractivity contribution >= 4 is 15.9 Å². The first-order chi connectivity index (χ1) is 17.5. The summed E-state index contributed by atoms with van der Waals surface area (Å²) in [5.41, 5.74) is 1.28. The number of likely N-dealkylation sites (N-methyl/N-ethyl adjacent to an activating group) is 3. The van der Waals surface area contributed by atoms with Gasteiger partial charge in [-0.3, -0.25) is 9.69 Å². The molecule has 3 rings (SSSR count). The number of piperazine rings is 1. The van der Waals surface area contributed by atoms with E-state index in [1.54, 1.807) is 38.0 Å². The van der Waals surface area contributed by atoms with Gasteiger partial charge in [0.25, 0.3) is 0 Å². The van der Waals surface area contributed by atoms with Crippen molar-refractivity contribution in [2.45, 2.75) is 50.5 Å². The van der Waals surface area contributed by atoms with E-state index in [4.69, 9.17) is 9.47 Å². The van der Waals surface area contributed by atoms with Crippen molar-refractivity contribution in [3.05, 3.63) is 23.3 Å². The van der Waals surface area contributed by atoms with Gasteiger partial charge in [-0.05, 0) is 75.8 Å². The molecule has 1 heterocycles. The molecule has 37 heavy (non-hydrogen) atoms. The molecule has 0 radical (unpaired) electrons. The molecule has 0 unspecified atom stereocenters. The van der Waals surface area contributed by atoms with E-state index < -0.39 is 10.0 Å². The number of carbonyl (C=O) groups is 1. The van der Waals surface area contributed by atoms with Gasteiger partial charge in [0.15, 0.2) is 0 Å². The molecule has 1 saturated heterocycles. The maximum Gasteiger partial charge on any atom is 0.248 e. The SMILES string of the molecule is COc1cc(C)c(S(=O)(=O)N(C)CCOCC(=O)N(C)C[C@H]2CC[C@@H](N3CCN(C)CC3)CC2)c(C)c1. The summed E-state index contributed by atoms with van der Waals surface area (Å²) in [6, 6.07) is 4.13. The number of carbonyl (C=O) groups excluding carboxylic acids is 1. The molecule has 1 aliphatic carbocycles. The molecule has 1 aromatic rings. The Morgan fingerprint density at radius 2 is 1.62 bits per heavy atom. The summed E-state index contributed by atoms with van der Waals surface area (Å²) in [4.78, 5) is 19.7. The molecule has 9 nitrogen and oxygen atoms in total. The van der Waals surface area contributed by atoms with Gasteiger partial charge in [-0.25, -0.2) is 8.42 Å². The van der Waals surface area contributed by atoms with Crippen LogP contribution in [0.2, 0.25) is 0 Å². The second-order valence-corrected chi connectivity index (χ2v) is 12.7. The lowest BCUT2D eigenvalue weighted by Gasteiger charge is -2.41. The maximum atomic E-state index is 13.1. The smallest absolute Gasteiger partial charge is 0.248 e. The number of ether oxygens (including phenoxy) is 2. The predicted octanol–water partition coefficient (Wildman–Crippen LogP) is 2.21. The number of amides is 1. The third kappa shape index (κ3) is 7.89. The van der Waals surface area contributed by atoms with Gasteiger partial charge >= 0.3 is 0 Å². The highest BCUT2D eigenvalue weighted by Gasteiger charge is 2.29. The monoisotopic (exact) mass is 538 g/mol. The zero-order valence-electron chi connectivity index (χ0n) is 23.5. The Morgan fingerprint density at radius 3 is 2.19 bits per heavy atom. The fourth-order valence-corrected chi connectivity index (χ4v) is 7.10. The molecule has 0 aromatic heterocycles. The average Bonchev–Trinajstić information content (AvgIpc) is 2.86. The van der Waals surface area contributed by atoms with Crippen molar-refractivity contribution in [2.75, 3.05) is 80.7 Å². The van der Waals surface area contributed by atoms with Crippen LogP contribution in [0.15, 0.2) is 17.0 Å². The van der Waals surface area contributed by atoms with Crippen molar-refractivity contribution < 1.29 is 22.7 Å². The van der Waals surface area contributed by atoms with E-state index in [1.165, 1.54) is 24.2 Å². The van der Waals surface area contributed by atoms with E-state index in [-0.39, 0.29) is 30.6 Å². The third-order valence-electron chi connectivity index (χ3n) is 7.94. The van der Waals surface area contributed by atoms with Gasteiger partial charge in [0.05, 0.1) is 18.6 Å². The third-order valence-corrected chi connectivity index (χ3v) is 10.1. The Kier molecular flexibility index (Phi) is 10.8. The number of hydrogen-bond acceptors (Lipinski definition) is 7. The first kappa shape index (κ1) is 29.8. The number of hydrogen-bond donors (Lipinski definition) is 0. The maximum absolute atomic E-state index is 13.1. The molecule has 10 heteroatoms. The van der Waals surface area contributed by atoms with Crippen LogP contribution < -0.4 is 4.74 Å². The fourth-order valence-electron chi connectivity index (χ4n) is 5.54. The van der Waals surface area contributed by atoms with Crippen molar-refractivity contribution in [1.82, 2.24) is 19.0 Å². The van der Waals surface area contributed by atoms with Crippen LogP contribution in [0.5, 0.6) is 5.75 Å². The highest BCUT2D eigenvalue weighted by molar-refractivity contribution is 7.89. The van der Waals surface area contributed by atoms with Crippen molar-refractivity contribution in [3.8, 4) is 5.75 Å². The second-order valence-electron chi connectivity index (χ2n) is 10.8. The van der Waals surface area contributed by atoms with E-state index >= 15 is 0 Å². The summed E-state index contributed by atoms with van der Waals surface area (Å²) in [5.74, 6) is 1.10. The Bertz CT molecular complexity index is 979. The molecule has 1 amide bonds. The summed E-state index contributed by atoms with van der Waals surface area (Å²) in [5, 5.41) is 0. The highest BCUT2D eigenvalue weighted by Crippen LogP contribution is 2.29. The number of sulfonamides is 1. The minimum atomic E-state index is -3.68. The summed E-state index contributed by atoms with van der Waals surface area (Å²) in [6.45, 7) is 9.19. The Balaban J connectivity index is 1.38. The Labute approximate surface area is 223 Å². The summed E-state index contributed by atoms with van der Waals surface area (Å²) in [6.07, 6.45) is 4.73. The predicted molar refractivity (Wildman–Crippen MR) is 146 cm³/mol. The van der Waals surface area contributed by atoms with Gasteiger partial charge in [0.1, 0.15) is 12.4 Å². The first-order valence-corrected chi connectivity index (χ1v) is 14.8. The molecule has 2 fully saturated rings. The normalized spacial score (nSPS) is 21.8. The number of benzene rings is 1. The second kappa shape index (κ2) is 13.4. The van der Waals surface area contributed by atoms with E-state index in [9.17, 15) is 13.2 Å². The molecule has 0 bridgehead atoms. The van der Waals surface area contributed by atoms with Crippen molar-refractivity contribution in [3.63, 3.8) is 0 Å². The van der Waals surface area contributed by atoms with Gasteiger partial charge in [0.2, 0.25) is 15.9 Å². The van der Waals surface area contributed by atoms with Crippen LogP contribution in [0.4, 0.5) is 0 Å². The molecule has 1 aromatic carbocycles. The first-order valence-electron chi connectivity index (χ1n) is 13.4. The lowest BCUT2D eigenvalue weighted by Crippen LogP contribution is -2.50. The van der Waals surface area contributed by atoms with E-state index in [1.807, 2.05) is 7.05 Å². The molecular weight excluding hydrogens is 492 g/mol. The highest BCUT2D eigenvalue weighted by atomic mass is 32.2. The van der Waals surface area contributed by atoms with Crippen LogP contribution in [0, 0.1) is 19.8 Å². The van der Waals surface area contributed by atoms with Crippen LogP contribution in [0.3, 0.4) is 0 Å². The fraction of sp³-hybridized carbons (Fsp3) is 0.741. The van der Waals surface area contributed by atoms with E-state index in [0.717, 1.165) is 45.6 Å². The van der Waals surface area contributed by atoms with Crippen LogP contribution in [-0.4, -0.2) is 120 Å². The van der Waals surface area contributed by atoms with Gasteiger partial charge < -0.3 is 19.3 Å². The van der Waals surface area contributed by atoms with Crippen molar-refractivity contribution in [1.29, 1.82) is 0 Å². The van der Waals surface area contributed by atoms with E-state index in [2.05, 4.69) is 16.8 Å². The molecule has 1 aliphatic heterocycles. The van der Waals surface area contributed by atoms with Crippen LogP contribution in [0.25, 0.3) is 0 Å². The average molecular weight is 539 g/mol. The van der Waals surface area contributed by atoms with Gasteiger partial charge in [0, 0.05) is 59.4 Å². The minimum Gasteiger partial charge on any atom is -0.497 e. The van der Waals surface area contributed by atoms with Gasteiger partial charge in [-0.1, -0.05) is 0 Å². The van der Waals surface area contributed by atoms with Crippen LogP contribution in [0.1, 0.15) is 36.8 Å². The molecule has 1 saturated carbocycles. The topological polar surface area (TPSA) is 82.6 Å². The summed E-state index contributed by atoms with van der Waals surface area (Å²) in [7, 11) is 3.44. The van der Waals surface area contributed by atoms with Crippen LogP contribution in [-0.2, 0) is 19.6 Å². The number of nitrogens with zero attached hydrogens (tertiary/aromatic N) is 4. The standard InChI is InChI=1S/C27H46N4O5S/c1-21-17-25(35-6)18-22(2)27(21)37(33,34)30(5)15-16-36-20-26(32)29(4)19-23-7-9-24(10-8-23)31-13-11-28(3)12-14-31/h17-18,23-24H,7-16,19-20H2,1-6H3/t23-,24+. The molecule has 210 valence electrons. The summed E-state index contributed by atoms with van der Waals surface area (Å²) >= 11 is 0. The lowest BCUT2D eigenvalue weighted by molar-refractivity contribution is -0.135.